The molecule has 0 amide bonds. The average molecular weight is 255 g/mol. The molecule has 0 aliphatic heterocycles. The second-order valence-corrected chi connectivity index (χ2v) is 5.20. The Bertz CT molecular complexity index is 607. The minimum atomic E-state index is 0.581. The van der Waals surface area contributed by atoms with Crippen LogP contribution in [0.5, 0.6) is 0 Å². The number of nitrogens with two attached hydrogens (primary N) is 1. The number of hydrogen-bond donors (Lipinski definition) is 1. The van der Waals surface area contributed by atoms with E-state index in [9.17, 15) is 0 Å². The van der Waals surface area contributed by atoms with E-state index in [0.717, 1.165) is 17.9 Å². The number of pyridine rings is 1. The molecule has 19 heavy (non-hydrogen) atoms. The lowest BCUT2D eigenvalue weighted by Crippen LogP contribution is -2.35. The van der Waals surface area contributed by atoms with Crippen molar-refractivity contribution in [1.29, 1.82) is 0 Å². The lowest BCUT2D eigenvalue weighted by atomic mass is 9.93. The number of aryl methyl sites for hydroxylation is 3. The van der Waals surface area contributed by atoms with Crippen molar-refractivity contribution in [3.05, 3.63) is 47.2 Å². The van der Waals surface area contributed by atoms with Crippen molar-refractivity contribution < 1.29 is 4.57 Å². The Morgan fingerprint density at radius 1 is 1.26 bits per heavy atom. The highest BCUT2D eigenvalue weighted by molar-refractivity contribution is 5.36. The molecule has 0 fully saturated rings. The van der Waals surface area contributed by atoms with Gasteiger partial charge in [-0.15, -0.1) is 0 Å². The molecule has 3 rings (SSSR count). The topological polar surface area (TPSA) is 55.7 Å². The van der Waals surface area contributed by atoms with Crippen LogP contribution >= 0.6 is 0 Å². The molecule has 1 aliphatic rings. The highest BCUT2D eigenvalue weighted by Crippen LogP contribution is 2.19. The van der Waals surface area contributed by atoms with E-state index in [2.05, 4.69) is 33.0 Å². The van der Waals surface area contributed by atoms with E-state index in [1.807, 2.05) is 13.1 Å². The largest absolute Gasteiger partial charge is 0.383 e. The summed E-state index contributed by atoms with van der Waals surface area (Å²) in [6.07, 6.45) is 11.2. The van der Waals surface area contributed by atoms with Crippen LogP contribution in [0.15, 0.2) is 24.7 Å². The fourth-order valence-corrected chi connectivity index (χ4v) is 2.65. The van der Waals surface area contributed by atoms with Crippen molar-refractivity contribution in [1.82, 2.24) is 9.97 Å². The molecular formula is C15H19N4+. The van der Waals surface area contributed by atoms with Gasteiger partial charge in [0, 0.05) is 17.8 Å². The van der Waals surface area contributed by atoms with Crippen LogP contribution in [0.1, 0.15) is 35.4 Å². The molecule has 0 saturated carbocycles. The normalized spacial score (nSPS) is 14.2. The predicted octanol–water partition coefficient (Wildman–Crippen LogP) is 1.58. The summed E-state index contributed by atoms with van der Waals surface area (Å²) in [6, 6.07) is 2.24. The number of fused-ring (bicyclic) bond motifs is 1. The fraction of sp³-hybridized carbons (Fsp3) is 0.400. The maximum absolute atomic E-state index is 5.94. The van der Waals surface area contributed by atoms with Crippen molar-refractivity contribution in [3.8, 4) is 0 Å². The average Bonchev–Trinajstić information content (AvgIpc) is 2.42. The number of anilines is 1. The number of rotatable bonds is 2. The molecule has 4 heteroatoms. The van der Waals surface area contributed by atoms with Crippen LogP contribution in [-0.4, -0.2) is 9.97 Å². The Hall–Kier alpha value is -1.97. The van der Waals surface area contributed by atoms with Crippen molar-refractivity contribution in [2.45, 2.75) is 39.2 Å². The molecule has 0 atom stereocenters. The van der Waals surface area contributed by atoms with E-state index < -0.39 is 0 Å². The number of hydrogen-bond acceptors (Lipinski definition) is 3. The molecule has 0 radical (unpaired) electrons. The van der Waals surface area contributed by atoms with Crippen LogP contribution < -0.4 is 10.3 Å². The molecule has 0 unspecified atom stereocenters. The maximum Gasteiger partial charge on any atom is 0.178 e. The Labute approximate surface area is 113 Å². The smallest absolute Gasteiger partial charge is 0.178 e. The van der Waals surface area contributed by atoms with Gasteiger partial charge in [0.2, 0.25) is 0 Å². The minimum Gasteiger partial charge on any atom is -0.383 e. The van der Waals surface area contributed by atoms with E-state index in [4.69, 9.17) is 5.73 Å². The summed E-state index contributed by atoms with van der Waals surface area (Å²) in [4.78, 5) is 8.43. The summed E-state index contributed by atoms with van der Waals surface area (Å²) in [7, 11) is 0. The van der Waals surface area contributed by atoms with E-state index >= 15 is 0 Å². The number of nitrogen functional groups attached to an aromatic ring is 1. The second kappa shape index (κ2) is 4.96. The van der Waals surface area contributed by atoms with Crippen LogP contribution in [0, 0.1) is 6.92 Å². The van der Waals surface area contributed by atoms with Crippen LogP contribution in [0.2, 0.25) is 0 Å². The zero-order chi connectivity index (χ0) is 13.2. The van der Waals surface area contributed by atoms with Gasteiger partial charge in [-0.3, -0.25) is 0 Å². The van der Waals surface area contributed by atoms with E-state index in [0.29, 0.717) is 5.82 Å². The second-order valence-electron chi connectivity index (χ2n) is 5.20. The van der Waals surface area contributed by atoms with Crippen molar-refractivity contribution in [2.75, 3.05) is 5.73 Å². The van der Waals surface area contributed by atoms with Gasteiger partial charge in [-0.25, -0.2) is 14.5 Å². The fourth-order valence-electron chi connectivity index (χ4n) is 2.65. The van der Waals surface area contributed by atoms with Crippen molar-refractivity contribution >= 4 is 5.82 Å². The van der Waals surface area contributed by atoms with Crippen LogP contribution in [0.3, 0.4) is 0 Å². The van der Waals surface area contributed by atoms with Gasteiger partial charge in [-0.05, 0) is 38.2 Å². The summed E-state index contributed by atoms with van der Waals surface area (Å²) in [5.74, 6) is 1.30. The zero-order valence-electron chi connectivity index (χ0n) is 11.3. The van der Waals surface area contributed by atoms with Gasteiger partial charge < -0.3 is 5.73 Å². The van der Waals surface area contributed by atoms with Gasteiger partial charge in [-0.1, -0.05) is 0 Å². The first kappa shape index (κ1) is 12.1. The third-order valence-electron chi connectivity index (χ3n) is 3.71. The van der Waals surface area contributed by atoms with Gasteiger partial charge >= 0.3 is 0 Å². The standard InChI is InChI=1S/C15H19N4/c1-11-17-8-14(15(16)18-11)10-19-7-6-12-4-2-3-5-13(12)9-19/h6-9H,2-5,10H2,1H3,(H2,16,17,18)/q+1. The van der Waals surface area contributed by atoms with Crippen LogP contribution in [-0.2, 0) is 19.4 Å². The molecule has 2 aromatic heterocycles. The Balaban J connectivity index is 1.87. The molecule has 0 aromatic carbocycles. The highest BCUT2D eigenvalue weighted by atomic mass is 15.0. The molecular weight excluding hydrogens is 236 g/mol. The zero-order valence-corrected chi connectivity index (χ0v) is 11.3. The third kappa shape index (κ3) is 2.57. The summed E-state index contributed by atoms with van der Waals surface area (Å²) in [6.45, 7) is 2.59. The summed E-state index contributed by atoms with van der Waals surface area (Å²) in [5, 5.41) is 0. The molecule has 0 bridgehead atoms. The molecule has 0 saturated heterocycles. The molecule has 2 aromatic rings. The minimum absolute atomic E-state index is 0.581. The maximum atomic E-state index is 5.94. The quantitative estimate of drug-likeness (QED) is 0.829. The Morgan fingerprint density at radius 2 is 2.05 bits per heavy atom. The van der Waals surface area contributed by atoms with Gasteiger partial charge in [0.05, 0.1) is 5.56 Å². The molecule has 2 heterocycles. The highest BCUT2D eigenvalue weighted by Gasteiger charge is 2.15. The Kier molecular flexibility index (Phi) is 3.15. The molecule has 4 nitrogen and oxygen atoms in total. The first-order valence-electron chi connectivity index (χ1n) is 6.81. The third-order valence-corrected chi connectivity index (χ3v) is 3.71. The van der Waals surface area contributed by atoms with Gasteiger partial charge in [0.25, 0.3) is 0 Å². The SMILES string of the molecule is Cc1ncc(C[n+]2ccc3c(c2)CCCC3)c(N)n1. The van der Waals surface area contributed by atoms with Crippen molar-refractivity contribution in [2.24, 2.45) is 0 Å². The van der Waals surface area contributed by atoms with Crippen molar-refractivity contribution in [3.63, 3.8) is 0 Å². The number of nitrogens with zero attached hydrogens (tertiary/aromatic N) is 3. The first-order valence-corrected chi connectivity index (χ1v) is 6.81. The van der Waals surface area contributed by atoms with E-state index in [1.54, 1.807) is 0 Å². The van der Waals surface area contributed by atoms with Crippen LogP contribution in [0.4, 0.5) is 5.82 Å². The summed E-state index contributed by atoms with van der Waals surface area (Å²) in [5.41, 5.74) is 9.89. The van der Waals surface area contributed by atoms with E-state index in [-0.39, 0.29) is 0 Å². The number of aromatic nitrogens is 3. The molecule has 2 N–H and O–H groups in total. The molecule has 1 aliphatic carbocycles. The predicted molar refractivity (Wildman–Crippen MR) is 73.6 cm³/mol. The lowest BCUT2D eigenvalue weighted by molar-refractivity contribution is -0.688. The van der Waals surface area contributed by atoms with Gasteiger partial charge in [0.1, 0.15) is 11.6 Å². The Morgan fingerprint density at radius 3 is 2.84 bits per heavy atom. The van der Waals surface area contributed by atoms with Gasteiger partial charge in [-0.2, -0.15) is 0 Å². The first-order chi connectivity index (χ1) is 9.22. The monoisotopic (exact) mass is 255 g/mol. The lowest BCUT2D eigenvalue weighted by Gasteiger charge is -2.13. The van der Waals surface area contributed by atoms with E-state index in [1.165, 1.54) is 36.8 Å². The molecule has 98 valence electrons. The summed E-state index contributed by atoms with van der Waals surface area (Å²) >= 11 is 0. The van der Waals surface area contributed by atoms with Gasteiger partial charge in [0.15, 0.2) is 18.9 Å². The molecule has 0 spiro atoms. The van der Waals surface area contributed by atoms with Crippen LogP contribution in [0.25, 0.3) is 0 Å². The summed E-state index contributed by atoms with van der Waals surface area (Å²) < 4.78 is 2.18.